The first-order chi connectivity index (χ1) is 9.49. The number of esters is 1. The molecule has 2 rings (SSSR count). The van der Waals surface area contributed by atoms with Crippen molar-refractivity contribution in [2.24, 2.45) is 11.8 Å². The molecule has 1 fully saturated rings. The van der Waals surface area contributed by atoms with E-state index in [1.807, 2.05) is 6.92 Å². The van der Waals surface area contributed by atoms with E-state index in [4.69, 9.17) is 4.74 Å². The van der Waals surface area contributed by atoms with Crippen molar-refractivity contribution in [1.82, 2.24) is 0 Å². The van der Waals surface area contributed by atoms with E-state index in [-0.39, 0.29) is 24.3 Å². The first-order valence-electron chi connectivity index (χ1n) is 6.55. The summed E-state index contributed by atoms with van der Waals surface area (Å²) in [6, 6.07) is 6.72. The number of benzene rings is 1. The third-order valence-corrected chi connectivity index (χ3v) is 3.34. The summed E-state index contributed by atoms with van der Waals surface area (Å²) >= 11 is 0. The van der Waals surface area contributed by atoms with Gasteiger partial charge in [0.05, 0.1) is 11.6 Å². The van der Waals surface area contributed by atoms with Crippen molar-refractivity contribution in [3.05, 3.63) is 29.8 Å². The molecule has 0 spiro atoms. The molecule has 2 atom stereocenters. The van der Waals surface area contributed by atoms with E-state index >= 15 is 0 Å². The van der Waals surface area contributed by atoms with E-state index in [9.17, 15) is 14.4 Å². The second-order valence-electron chi connectivity index (χ2n) is 5.08. The third kappa shape index (κ3) is 3.44. The Balaban J connectivity index is 1.88. The van der Waals surface area contributed by atoms with Gasteiger partial charge in [-0.05, 0) is 31.4 Å². The van der Waals surface area contributed by atoms with Gasteiger partial charge in [0, 0.05) is 5.56 Å². The lowest BCUT2D eigenvalue weighted by molar-refractivity contribution is -0.148. The van der Waals surface area contributed by atoms with Crippen LogP contribution in [0.4, 0.5) is 5.69 Å². The van der Waals surface area contributed by atoms with E-state index in [1.165, 1.54) is 6.92 Å². The molecule has 1 N–H and O–H groups in total. The van der Waals surface area contributed by atoms with Gasteiger partial charge in [-0.25, -0.2) is 0 Å². The second-order valence-corrected chi connectivity index (χ2v) is 5.08. The van der Waals surface area contributed by atoms with Crippen LogP contribution in [0, 0.1) is 11.8 Å². The smallest absolute Gasteiger partial charge is 0.309 e. The van der Waals surface area contributed by atoms with Crippen molar-refractivity contribution >= 4 is 23.3 Å². The van der Waals surface area contributed by atoms with Gasteiger partial charge in [-0.1, -0.05) is 19.1 Å². The lowest BCUT2D eigenvalue weighted by Crippen LogP contribution is -2.22. The molecule has 1 aliphatic carbocycles. The number of anilines is 1. The molecule has 0 heterocycles. The van der Waals surface area contributed by atoms with Crippen LogP contribution in [0.15, 0.2) is 24.3 Å². The van der Waals surface area contributed by atoms with Gasteiger partial charge in [0.15, 0.2) is 12.4 Å². The number of hydrogen-bond donors (Lipinski definition) is 1. The largest absolute Gasteiger partial charge is 0.455 e. The van der Waals surface area contributed by atoms with Crippen LogP contribution in [0.25, 0.3) is 0 Å². The van der Waals surface area contributed by atoms with E-state index in [0.29, 0.717) is 17.2 Å². The summed E-state index contributed by atoms with van der Waals surface area (Å²) in [5.74, 6) is -0.617. The normalized spacial score (nSPS) is 20.1. The Hall–Kier alpha value is -2.17. The number of hydrogen-bond acceptors (Lipinski definition) is 4. The highest BCUT2D eigenvalue weighted by molar-refractivity contribution is 6.04. The zero-order valence-electron chi connectivity index (χ0n) is 11.5. The molecule has 0 radical (unpaired) electrons. The summed E-state index contributed by atoms with van der Waals surface area (Å²) in [6.07, 6.45) is 0.827. The van der Waals surface area contributed by atoms with Crippen LogP contribution in [0.3, 0.4) is 0 Å². The Kier molecular flexibility index (Phi) is 4.17. The van der Waals surface area contributed by atoms with E-state index in [1.54, 1.807) is 24.3 Å². The van der Waals surface area contributed by atoms with Crippen LogP contribution in [-0.4, -0.2) is 24.3 Å². The summed E-state index contributed by atoms with van der Waals surface area (Å²) in [4.78, 5) is 34.6. The molecule has 0 saturated heterocycles. The maximum absolute atomic E-state index is 11.7. The lowest BCUT2D eigenvalue weighted by Gasteiger charge is -2.09. The topological polar surface area (TPSA) is 72.5 Å². The fourth-order valence-corrected chi connectivity index (χ4v) is 1.98. The van der Waals surface area contributed by atoms with Crippen LogP contribution >= 0.6 is 0 Å². The molecule has 5 heteroatoms. The monoisotopic (exact) mass is 275 g/mol. The first kappa shape index (κ1) is 14.2. The number of Topliss-reactive ketones (excluding diaryl/α,β-unsaturated/α-hetero) is 1. The fourth-order valence-electron chi connectivity index (χ4n) is 1.98. The quantitative estimate of drug-likeness (QED) is 0.659. The molecule has 1 aliphatic rings. The summed E-state index contributed by atoms with van der Waals surface area (Å²) in [6.45, 7) is 3.07. The SMILES string of the molecule is CC(=O)c1ccccc1NC(=O)COC(=O)[C@@H]1C[C@@H]1C. The van der Waals surface area contributed by atoms with Gasteiger partial charge in [0.2, 0.25) is 0 Å². The second kappa shape index (κ2) is 5.86. The van der Waals surface area contributed by atoms with Crippen LogP contribution in [-0.2, 0) is 14.3 Å². The molecule has 0 aromatic heterocycles. The zero-order valence-corrected chi connectivity index (χ0v) is 11.5. The van der Waals surface area contributed by atoms with Gasteiger partial charge in [0.25, 0.3) is 5.91 Å². The Morgan fingerprint density at radius 1 is 1.30 bits per heavy atom. The van der Waals surface area contributed by atoms with Gasteiger partial charge in [0.1, 0.15) is 0 Å². The minimum Gasteiger partial charge on any atom is -0.455 e. The summed E-state index contributed by atoms with van der Waals surface area (Å²) < 4.78 is 4.93. The third-order valence-electron chi connectivity index (χ3n) is 3.34. The highest BCUT2D eigenvalue weighted by Crippen LogP contribution is 2.38. The van der Waals surface area contributed by atoms with Crippen molar-refractivity contribution in [3.63, 3.8) is 0 Å². The van der Waals surface area contributed by atoms with E-state index < -0.39 is 5.91 Å². The minimum absolute atomic E-state index is 0.0627. The van der Waals surface area contributed by atoms with E-state index in [2.05, 4.69) is 5.32 Å². The van der Waals surface area contributed by atoms with Gasteiger partial charge in [-0.2, -0.15) is 0 Å². The molecule has 1 aromatic carbocycles. The van der Waals surface area contributed by atoms with Crippen LogP contribution in [0.1, 0.15) is 30.6 Å². The molecule has 1 aromatic rings. The Bertz CT molecular complexity index is 553. The number of nitrogens with one attached hydrogen (secondary N) is 1. The van der Waals surface area contributed by atoms with Crippen molar-refractivity contribution in [2.75, 3.05) is 11.9 Å². The molecular weight excluding hydrogens is 258 g/mol. The molecule has 0 aliphatic heterocycles. The maximum atomic E-state index is 11.7. The zero-order chi connectivity index (χ0) is 14.7. The molecule has 106 valence electrons. The molecule has 1 amide bonds. The molecule has 5 nitrogen and oxygen atoms in total. The number of amides is 1. The predicted octanol–water partition coefficient (Wildman–Crippen LogP) is 2.03. The van der Waals surface area contributed by atoms with Gasteiger partial charge in [-0.15, -0.1) is 0 Å². The summed E-state index contributed by atoms with van der Waals surface area (Å²) in [7, 11) is 0. The first-order valence-corrected chi connectivity index (χ1v) is 6.55. The fraction of sp³-hybridized carbons (Fsp3) is 0.400. The highest BCUT2D eigenvalue weighted by Gasteiger charge is 2.40. The Morgan fingerprint density at radius 3 is 2.55 bits per heavy atom. The minimum atomic E-state index is -0.444. The average molecular weight is 275 g/mol. The number of carbonyl (C=O) groups excluding carboxylic acids is 3. The van der Waals surface area contributed by atoms with Crippen LogP contribution in [0.5, 0.6) is 0 Å². The Labute approximate surface area is 117 Å². The molecule has 1 saturated carbocycles. The summed E-state index contributed by atoms with van der Waals surface area (Å²) in [5.41, 5.74) is 0.865. The van der Waals surface area contributed by atoms with Crippen LogP contribution < -0.4 is 5.32 Å². The van der Waals surface area contributed by atoms with Crippen molar-refractivity contribution in [2.45, 2.75) is 20.3 Å². The molecule has 20 heavy (non-hydrogen) atoms. The Morgan fingerprint density at radius 2 is 1.95 bits per heavy atom. The standard InChI is InChI=1S/C15H17NO4/c1-9-7-12(9)15(19)20-8-14(18)16-13-6-4-3-5-11(13)10(2)17/h3-6,9,12H,7-8H2,1-2H3,(H,16,18)/t9-,12+/m0/s1. The summed E-state index contributed by atoms with van der Waals surface area (Å²) in [5, 5.41) is 2.58. The number of para-hydroxylation sites is 1. The average Bonchev–Trinajstić information content (AvgIpc) is 3.13. The van der Waals surface area contributed by atoms with Gasteiger partial charge >= 0.3 is 5.97 Å². The van der Waals surface area contributed by atoms with Gasteiger partial charge < -0.3 is 10.1 Å². The van der Waals surface area contributed by atoms with Crippen molar-refractivity contribution in [3.8, 4) is 0 Å². The van der Waals surface area contributed by atoms with E-state index in [0.717, 1.165) is 6.42 Å². The predicted molar refractivity (Wildman–Crippen MR) is 73.3 cm³/mol. The number of rotatable bonds is 5. The molecule has 0 unspecified atom stereocenters. The highest BCUT2D eigenvalue weighted by atomic mass is 16.5. The molecule has 0 bridgehead atoms. The molecular formula is C15H17NO4. The number of ether oxygens (including phenoxy) is 1. The van der Waals surface area contributed by atoms with Crippen molar-refractivity contribution < 1.29 is 19.1 Å². The lowest BCUT2D eigenvalue weighted by atomic mass is 10.1. The van der Waals surface area contributed by atoms with Gasteiger partial charge in [-0.3, -0.25) is 14.4 Å². The maximum Gasteiger partial charge on any atom is 0.309 e. The number of ketones is 1. The number of carbonyl (C=O) groups is 3. The van der Waals surface area contributed by atoms with Crippen molar-refractivity contribution in [1.29, 1.82) is 0 Å². The van der Waals surface area contributed by atoms with Crippen LogP contribution in [0.2, 0.25) is 0 Å².